The number of benzene rings is 3. The molecule has 0 bridgehead atoms. The van der Waals surface area contributed by atoms with Gasteiger partial charge in [-0.1, -0.05) is 18.2 Å². The molecule has 0 saturated heterocycles. The molecule has 0 N–H and O–H groups in total. The topological polar surface area (TPSA) is 24.8 Å². The number of hydrogen-bond donors (Lipinski definition) is 0. The average molecular weight is 414 g/mol. The molecule has 0 unspecified atom stereocenters. The number of nitrogens with zero attached hydrogens (tertiary/aromatic N) is 2. The standard InChI is InChI=1S/C23H18F4N2O/c1-30-20-11-7-15(8-12-20)21-14-22(16-5-9-18(24)10-6-16)29(28-21)19-4-2-3-17(13-19)23(25,26)27/h2-13,22H,14H2,1H3/t22-/m0/s1. The summed E-state index contributed by atoms with van der Waals surface area (Å²) in [5.41, 5.74) is 1.91. The molecule has 0 aromatic heterocycles. The molecule has 154 valence electrons. The van der Waals surface area contributed by atoms with Crippen molar-refractivity contribution in [1.82, 2.24) is 0 Å². The Kier molecular flexibility index (Phi) is 5.20. The molecule has 3 aromatic rings. The first-order valence-electron chi connectivity index (χ1n) is 9.29. The molecule has 0 amide bonds. The van der Waals surface area contributed by atoms with Crippen LogP contribution in [0.3, 0.4) is 0 Å². The molecule has 1 aliphatic heterocycles. The number of ether oxygens (including phenoxy) is 1. The summed E-state index contributed by atoms with van der Waals surface area (Å²) >= 11 is 0. The number of anilines is 1. The lowest BCUT2D eigenvalue weighted by Gasteiger charge is -2.24. The zero-order valence-electron chi connectivity index (χ0n) is 16.0. The Bertz CT molecular complexity index is 1060. The van der Waals surface area contributed by atoms with E-state index in [0.717, 1.165) is 29.0 Å². The van der Waals surface area contributed by atoms with E-state index in [2.05, 4.69) is 5.10 Å². The normalized spacial score (nSPS) is 16.5. The van der Waals surface area contributed by atoms with Gasteiger partial charge in [0.15, 0.2) is 0 Å². The first kappa shape index (κ1) is 19.9. The van der Waals surface area contributed by atoms with Crippen LogP contribution in [0.5, 0.6) is 5.75 Å². The quantitative estimate of drug-likeness (QED) is 0.474. The summed E-state index contributed by atoms with van der Waals surface area (Å²) in [5.74, 6) is 0.320. The van der Waals surface area contributed by atoms with Crippen LogP contribution >= 0.6 is 0 Å². The smallest absolute Gasteiger partial charge is 0.416 e. The molecule has 0 aliphatic carbocycles. The summed E-state index contributed by atoms with van der Waals surface area (Å²) in [6, 6.07) is 18.0. The van der Waals surface area contributed by atoms with Gasteiger partial charge in [0.25, 0.3) is 0 Å². The Labute approximate surface area is 171 Å². The highest BCUT2D eigenvalue weighted by atomic mass is 19.4. The van der Waals surface area contributed by atoms with Crippen LogP contribution in [0.4, 0.5) is 23.2 Å². The Hall–Kier alpha value is -3.35. The van der Waals surface area contributed by atoms with Crippen molar-refractivity contribution >= 4 is 11.4 Å². The van der Waals surface area contributed by atoms with Crippen molar-refractivity contribution in [2.24, 2.45) is 5.10 Å². The van der Waals surface area contributed by atoms with Crippen LogP contribution in [0.25, 0.3) is 0 Å². The van der Waals surface area contributed by atoms with Crippen molar-refractivity contribution < 1.29 is 22.3 Å². The number of hydrazone groups is 1. The summed E-state index contributed by atoms with van der Waals surface area (Å²) in [4.78, 5) is 0. The van der Waals surface area contributed by atoms with Gasteiger partial charge in [0.05, 0.1) is 30.1 Å². The monoisotopic (exact) mass is 414 g/mol. The summed E-state index contributed by atoms with van der Waals surface area (Å²) in [6.07, 6.45) is -3.99. The van der Waals surface area contributed by atoms with Crippen molar-refractivity contribution in [2.75, 3.05) is 12.1 Å². The lowest BCUT2D eigenvalue weighted by molar-refractivity contribution is -0.137. The van der Waals surface area contributed by atoms with Crippen molar-refractivity contribution in [2.45, 2.75) is 18.6 Å². The minimum Gasteiger partial charge on any atom is -0.497 e. The predicted octanol–water partition coefficient (Wildman–Crippen LogP) is 6.21. The van der Waals surface area contributed by atoms with Gasteiger partial charge >= 0.3 is 6.18 Å². The van der Waals surface area contributed by atoms with Gasteiger partial charge < -0.3 is 4.74 Å². The fourth-order valence-electron chi connectivity index (χ4n) is 3.48. The molecule has 4 rings (SSSR count). The second-order valence-electron chi connectivity index (χ2n) is 6.94. The van der Waals surface area contributed by atoms with Crippen LogP contribution in [-0.4, -0.2) is 12.8 Å². The van der Waals surface area contributed by atoms with Crippen molar-refractivity contribution in [3.63, 3.8) is 0 Å². The van der Waals surface area contributed by atoms with Crippen molar-refractivity contribution in [3.05, 3.63) is 95.3 Å². The number of hydrogen-bond acceptors (Lipinski definition) is 3. The molecule has 30 heavy (non-hydrogen) atoms. The minimum absolute atomic E-state index is 0.322. The van der Waals surface area contributed by atoms with Crippen LogP contribution in [0.15, 0.2) is 77.9 Å². The molecule has 0 fully saturated rings. The summed E-state index contributed by atoms with van der Waals surface area (Å²) in [5, 5.41) is 6.21. The van der Waals surface area contributed by atoms with E-state index in [9.17, 15) is 17.6 Å². The number of methoxy groups -OCH3 is 1. The lowest BCUT2D eigenvalue weighted by Crippen LogP contribution is -2.19. The zero-order chi connectivity index (χ0) is 21.3. The van der Waals surface area contributed by atoms with Crippen molar-refractivity contribution in [1.29, 1.82) is 0 Å². The first-order chi connectivity index (χ1) is 14.3. The highest BCUT2D eigenvalue weighted by molar-refractivity contribution is 6.03. The van der Waals surface area contributed by atoms with E-state index >= 15 is 0 Å². The molecule has 0 radical (unpaired) electrons. The second kappa shape index (κ2) is 7.82. The highest BCUT2D eigenvalue weighted by Gasteiger charge is 2.34. The highest BCUT2D eigenvalue weighted by Crippen LogP contribution is 2.39. The second-order valence-corrected chi connectivity index (χ2v) is 6.94. The molecule has 3 aromatic carbocycles. The predicted molar refractivity (Wildman–Crippen MR) is 107 cm³/mol. The SMILES string of the molecule is COc1ccc(C2=NN(c3cccc(C(F)(F)F)c3)[C@H](c3ccc(F)cc3)C2)cc1. The van der Waals surface area contributed by atoms with Gasteiger partial charge in [0.2, 0.25) is 0 Å². The van der Waals surface area contributed by atoms with Crippen LogP contribution in [0.2, 0.25) is 0 Å². The van der Waals surface area contributed by atoms with Crippen LogP contribution < -0.4 is 9.75 Å². The molecule has 0 spiro atoms. The molecule has 1 atom stereocenters. The van der Waals surface area contributed by atoms with Crippen LogP contribution in [0.1, 0.15) is 29.2 Å². The third-order valence-electron chi connectivity index (χ3n) is 5.03. The maximum atomic E-state index is 13.4. The van der Waals surface area contributed by atoms with Gasteiger partial charge in [-0.25, -0.2) is 4.39 Å². The van der Waals surface area contributed by atoms with E-state index in [-0.39, 0.29) is 11.9 Å². The Morgan fingerprint density at radius 1 is 0.967 bits per heavy atom. The number of rotatable bonds is 4. The number of halogens is 4. The molecule has 0 saturated carbocycles. The fraction of sp³-hybridized carbons (Fsp3) is 0.174. The molecule has 3 nitrogen and oxygen atoms in total. The summed E-state index contributed by atoms with van der Waals surface area (Å²) in [7, 11) is 1.57. The van der Waals surface area contributed by atoms with Crippen LogP contribution in [-0.2, 0) is 6.18 Å². The third-order valence-corrected chi connectivity index (χ3v) is 5.03. The van der Waals surface area contributed by atoms with Gasteiger partial charge in [0.1, 0.15) is 11.6 Å². The molecular formula is C23H18F4N2O. The lowest BCUT2D eigenvalue weighted by atomic mass is 9.98. The maximum absolute atomic E-state index is 13.4. The fourth-order valence-corrected chi connectivity index (χ4v) is 3.48. The minimum atomic E-state index is -4.45. The van der Waals surface area contributed by atoms with E-state index in [4.69, 9.17) is 4.74 Å². The Balaban J connectivity index is 1.75. The van der Waals surface area contributed by atoms with Gasteiger partial charge in [-0.05, 0) is 65.7 Å². The molecule has 1 heterocycles. The van der Waals surface area contributed by atoms with E-state index in [0.29, 0.717) is 17.9 Å². The number of alkyl halides is 3. The molecular weight excluding hydrogens is 396 g/mol. The maximum Gasteiger partial charge on any atom is 0.416 e. The summed E-state index contributed by atoms with van der Waals surface area (Å²) < 4.78 is 58.3. The van der Waals surface area contributed by atoms with Gasteiger partial charge in [0, 0.05) is 6.42 Å². The first-order valence-corrected chi connectivity index (χ1v) is 9.29. The van der Waals surface area contributed by atoms with Gasteiger partial charge in [-0.3, -0.25) is 5.01 Å². The van der Waals surface area contributed by atoms with E-state index in [1.807, 2.05) is 12.1 Å². The molecule has 1 aliphatic rings. The average Bonchev–Trinajstić information content (AvgIpc) is 3.19. The third kappa shape index (κ3) is 4.01. The van der Waals surface area contributed by atoms with Gasteiger partial charge in [-0.2, -0.15) is 18.3 Å². The van der Waals surface area contributed by atoms with E-state index < -0.39 is 11.7 Å². The summed E-state index contributed by atoms with van der Waals surface area (Å²) in [6.45, 7) is 0. The van der Waals surface area contributed by atoms with E-state index in [1.54, 1.807) is 42.5 Å². The Morgan fingerprint density at radius 3 is 2.30 bits per heavy atom. The van der Waals surface area contributed by atoms with Crippen molar-refractivity contribution in [3.8, 4) is 5.75 Å². The largest absolute Gasteiger partial charge is 0.497 e. The van der Waals surface area contributed by atoms with Gasteiger partial charge in [-0.15, -0.1) is 0 Å². The van der Waals surface area contributed by atoms with Crippen LogP contribution in [0, 0.1) is 5.82 Å². The molecule has 7 heteroatoms. The Morgan fingerprint density at radius 2 is 1.67 bits per heavy atom. The zero-order valence-corrected chi connectivity index (χ0v) is 16.0. The van der Waals surface area contributed by atoms with E-state index in [1.165, 1.54) is 18.2 Å².